The lowest BCUT2D eigenvalue weighted by atomic mass is 10.2. The van der Waals surface area contributed by atoms with Gasteiger partial charge in [-0.1, -0.05) is 46.9 Å². The van der Waals surface area contributed by atoms with Gasteiger partial charge in [0, 0.05) is 45.5 Å². The van der Waals surface area contributed by atoms with Crippen LogP contribution in [-0.2, 0) is 13.2 Å². The summed E-state index contributed by atoms with van der Waals surface area (Å²) in [4.78, 5) is 4.13. The monoisotopic (exact) mass is 494 g/mol. The van der Waals surface area contributed by atoms with Gasteiger partial charge in [0.2, 0.25) is 5.88 Å². The molecule has 0 aliphatic rings. The van der Waals surface area contributed by atoms with Crippen LogP contribution in [0.15, 0.2) is 54.7 Å². The maximum atomic E-state index is 6.51. The predicted octanol–water partition coefficient (Wildman–Crippen LogP) is 6.58. The second-order valence-electron chi connectivity index (χ2n) is 6.86. The van der Waals surface area contributed by atoms with Crippen LogP contribution in [0.3, 0.4) is 0 Å². The van der Waals surface area contributed by atoms with Gasteiger partial charge in [-0.05, 0) is 49.7 Å². The standard InChI is InChI=1S/C24H25Cl3N2O3/c1-2-30-22-13-17(15-28-10-6-12-31-24-9-3-4-11-29-24)21(27)14-23(22)32-16-18-19(25)7-5-8-20(18)26/h3-5,7-9,11,13-14,28H,2,6,10,12,15-16H2,1H3. The van der Waals surface area contributed by atoms with Crippen molar-refractivity contribution < 1.29 is 14.2 Å². The summed E-state index contributed by atoms with van der Waals surface area (Å²) in [7, 11) is 0. The Kier molecular flexibility index (Phi) is 9.75. The lowest BCUT2D eigenvalue weighted by Crippen LogP contribution is -2.17. The van der Waals surface area contributed by atoms with E-state index >= 15 is 0 Å². The molecule has 8 heteroatoms. The van der Waals surface area contributed by atoms with Gasteiger partial charge in [-0.2, -0.15) is 0 Å². The fourth-order valence-corrected chi connectivity index (χ4v) is 3.67. The van der Waals surface area contributed by atoms with E-state index in [2.05, 4.69) is 10.3 Å². The van der Waals surface area contributed by atoms with Crippen molar-refractivity contribution in [2.24, 2.45) is 0 Å². The van der Waals surface area contributed by atoms with Crippen molar-refractivity contribution in [3.63, 3.8) is 0 Å². The fraction of sp³-hybridized carbons (Fsp3) is 0.292. The van der Waals surface area contributed by atoms with Gasteiger partial charge >= 0.3 is 0 Å². The summed E-state index contributed by atoms with van der Waals surface area (Å²) in [6.45, 7) is 4.59. The van der Waals surface area contributed by atoms with E-state index in [0.717, 1.165) is 18.5 Å². The van der Waals surface area contributed by atoms with Crippen molar-refractivity contribution in [2.45, 2.75) is 26.5 Å². The summed E-state index contributed by atoms with van der Waals surface area (Å²) >= 11 is 19.0. The predicted molar refractivity (Wildman–Crippen MR) is 129 cm³/mol. The van der Waals surface area contributed by atoms with E-state index < -0.39 is 0 Å². The Labute approximate surface area is 203 Å². The second kappa shape index (κ2) is 12.8. The van der Waals surface area contributed by atoms with Crippen LogP contribution in [0.1, 0.15) is 24.5 Å². The Hall–Kier alpha value is -2.18. The number of nitrogens with zero attached hydrogens (tertiary/aromatic N) is 1. The molecule has 3 rings (SSSR count). The van der Waals surface area contributed by atoms with E-state index in [1.165, 1.54) is 0 Å². The lowest BCUT2D eigenvalue weighted by Gasteiger charge is -2.16. The third-order valence-corrected chi connectivity index (χ3v) is 5.61. The summed E-state index contributed by atoms with van der Waals surface area (Å²) in [5, 5.41) is 5.06. The average Bonchev–Trinajstić information content (AvgIpc) is 2.79. The zero-order valence-electron chi connectivity index (χ0n) is 17.7. The van der Waals surface area contributed by atoms with E-state index in [1.54, 1.807) is 30.5 Å². The number of pyridine rings is 1. The maximum Gasteiger partial charge on any atom is 0.213 e. The molecule has 0 saturated heterocycles. The van der Waals surface area contributed by atoms with E-state index in [1.807, 2.05) is 31.2 Å². The minimum absolute atomic E-state index is 0.211. The molecule has 1 heterocycles. The molecule has 1 aromatic heterocycles. The highest BCUT2D eigenvalue weighted by molar-refractivity contribution is 6.36. The first-order valence-corrected chi connectivity index (χ1v) is 11.5. The molecule has 0 bridgehead atoms. The molecule has 0 spiro atoms. The summed E-state index contributed by atoms with van der Waals surface area (Å²) in [5.74, 6) is 1.79. The molecule has 0 amide bonds. The number of rotatable bonds is 12. The molecular formula is C24H25Cl3N2O3. The summed E-state index contributed by atoms with van der Waals surface area (Å²) < 4.78 is 17.3. The Balaban J connectivity index is 1.55. The first kappa shape index (κ1) is 24.5. The van der Waals surface area contributed by atoms with Gasteiger partial charge in [-0.3, -0.25) is 0 Å². The topological polar surface area (TPSA) is 52.6 Å². The number of hydrogen-bond acceptors (Lipinski definition) is 5. The lowest BCUT2D eigenvalue weighted by molar-refractivity contribution is 0.269. The number of ether oxygens (including phenoxy) is 3. The highest BCUT2D eigenvalue weighted by atomic mass is 35.5. The number of halogens is 3. The van der Waals surface area contributed by atoms with Crippen molar-refractivity contribution in [1.82, 2.24) is 10.3 Å². The van der Waals surface area contributed by atoms with Crippen LogP contribution in [0.25, 0.3) is 0 Å². The van der Waals surface area contributed by atoms with Crippen LogP contribution in [-0.4, -0.2) is 24.7 Å². The summed E-state index contributed by atoms with van der Waals surface area (Å²) in [6, 6.07) is 14.6. The fourth-order valence-electron chi connectivity index (χ4n) is 2.94. The third kappa shape index (κ3) is 7.17. The average molecular weight is 496 g/mol. The van der Waals surface area contributed by atoms with E-state index in [-0.39, 0.29) is 6.61 Å². The summed E-state index contributed by atoms with van der Waals surface area (Å²) in [5.41, 5.74) is 1.64. The molecule has 0 atom stereocenters. The normalized spacial score (nSPS) is 10.8. The van der Waals surface area contributed by atoms with Crippen LogP contribution in [0, 0.1) is 0 Å². The molecule has 5 nitrogen and oxygen atoms in total. The third-order valence-electron chi connectivity index (χ3n) is 4.55. The second-order valence-corrected chi connectivity index (χ2v) is 8.08. The van der Waals surface area contributed by atoms with Gasteiger partial charge in [0.15, 0.2) is 11.5 Å². The van der Waals surface area contributed by atoms with E-state index in [9.17, 15) is 0 Å². The van der Waals surface area contributed by atoms with Crippen LogP contribution in [0.5, 0.6) is 17.4 Å². The van der Waals surface area contributed by atoms with Gasteiger partial charge in [0.05, 0.1) is 13.2 Å². The molecule has 0 saturated carbocycles. The van der Waals surface area contributed by atoms with Crippen LogP contribution in [0.2, 0.25) is 15.1 Å². The molecule has 32 heavy (non-hydrogen) atoms. The highest BCUT2D eigenvalue weighted by Crippen LogP contribution is 2.35. The SMILES string of the molecule is CCOc1cc(CNCCCOc2ccccn2)c(Cl)cc1OCc1c(Cl)cccc1Cl. The van der Waals surface area contributed by atoms with E-state index in [4.69, 9.17) is 49.0 Å². The number of aromatic nitrogens is 1. The van der Waals surface area contributed by atoms with Crippen molar-refractivity contribution >= 4 is 34.8 Å². The Morgan fingerprint density at radius 3 is 2.38 bits per heavy atom. The zero-order valence-corrected chi connectivity index (χ0v) is 20.0. The van der Waals surface area contributed by atoms with Crippen molar-refractivity contribution in [1.29, 1.82) is 0 Å². The Bertz CT molecular complexity index is 983. The number of nitrogens with one attached hydrogen (secondary N) is 1. The highest BCUT2D eigenvalue weighted by Gasteiger charge is 2.13. The molecule has 170 valence electrons. The van der Waals surface area contributed by atoms with Gasteiger partial charge < -0.3 is 19.5 Å². The van der Waals surface area contributed by atoms with E-state index in [0.29, 0.717) is 57.8 Å². The van der Waals surface area contributed by atoms with Gasteiger partial charge in [-0.15, -0.1) is 0 Å². The molecule has 0 radical (unpaired) electrons. The van der Waals surface area contributed by atoms with Crippen molar-refractivity contribution in [3.8, 4) is 17.4 Å². The van der Waals surface area contributed by atoms with Gasteiger partial charge in [0.1, 0.15) is 6.61 Å². The first-order valence-electron chi connectivity index (χ1n) is 10.3. The van der Waals surface area contributed by atoms with Crippen LogP contribution < -0.4 is 19.5 Å². The molecule has 3 aromatic rings. The van der Waals surface area contributed by atoms with Crippen LogP contribution in [0.4, 0.5) is 0 Å². The molecule has 0 fully saturated rings. The minimum atomic E-state index is 0.211. The molecule has 2 aromatic carbocycles. The molecule has 1 N–H and O–H groups in total. The smallest absolute Gasteiger partial charge is 0.213 e. The van der Waals surface area contributed by atoms with Gasteiger partial charge in [-0.25, -0.2) is 4.98 Å². The number of benzene rings is 2. The Morgan fingerprint density at radius 1 is 0.875 bits per heavy atom. The quantitative estimate of drug-likeness (QED) is 0.288. The molecule has 0 aliphatic carbocycles. The molecular weight excluding hydrogens is 471 g/mol. The first-order chi connectivity index (χ1) is 15.6. The van der Waals surface area contributed by atoms with Crippen molar-refractivity contribution in [3.05, 3.63) is 80.9 Å². The largest absolute Gasteiger partial charge is 0.490 e. The number of hydrogen-bond donors (Lipinski definition) is 1. The Morgan fingerprint density at radius 2 is 1.66 bits per heavy atom. The van der Waals surface area contributed by atoms with Gasteiger partial charge in [0.25, 0.3) is 0 Å². The maximum absolute atomic E-state index is 6.51. The van der Waals surface area contributed by atoms with Crippen molar-refractivity contribution in [2.75, 3.05) is 19.8 Å². The zero-order chi connectivity index (χ0) is 22.8. The van der Waals surface area contributed by atoms with Crippen LogP contribution >= 0.6 is 34.8 Å². The molecule has 0 aliphatic heterocycles. The molecule has 0 unspecified atom stereocenters. The minimum Gasteiger partial charge on any atom is -0.490 e. The summed E-state index contributed by atoms with van der Waals surface area (Å²) in [6.07, 6.45) is 2.55.